The van der Waals surface area contributed by atoms with E-state index in [1.807, 2.05) is 24.3 Å². The van der Waals surface area contributed by atoms with Crippen LogP contribution in [0.25, 0.3) is 0 Å². The highest BCUT2D eigenvalue weighted by atomic mass is 16.5. The van der Waals surface area contributed by atoms with Crippen molar-refractivity contribution in [2.45, 2.75) is 38.0 Å². The third kappa shape index (κ3) is 4.59. The first-order valence-electron chi connectivity index (χ1n) is 8.45. The standard InChI is InChI=1S/C19H24O6/c1-24-18(22)16(19(23)25-2)11-12-7-9-13(10-8-12)14-5-3-4-6-15(14)17(20)21/h7-10,14-16H,3-6,11H2,1-2H3,(H,20,21). The summed E-state index contributed by atoms with van der Waals surface area (Å²) in [5.41, 5.74) is 1.79. The van der Waals surface area contributed by atoms with Crippen LogP contribution in [-0.4, -0.2) is 37.2 Å². The minimum absolute atomic E-state index is 0.0114. The smallest absolute Gasteiger partial charge is 0.320 e. The molecule has 1 aromatic carbocycles. The number of benzene rings is 1. The van der Waals surface area contributed by atoms with E-state index in [2.05, 4.69) is 9.47 Å². The van der Waals surface area contributed by atoms with E-state index >= 15 is 0 Å². The second kappa shape index (κ2) is 8.65. The lowest BCUT2D eigenvalue weighted by Gasteiger charge is -2.29. The van der Waals surface area contributed by atoms with Gasteiger partial charge in [-0.05, 0) is 36.3 Å². The van der Waals surface area contributed by atoms with Gasteiger partial charge in [-0.3, -0.25) is 14.4 Å². The Balaban J connectivity index is 2.14. The van der Waals surface area contributed by atoms with Gasteiger partial charge in [0.15, 0.2) is 5.92 Å². The molecule has 0 spiro atoms. The summed E-state index contributed by atoms with van der Waals surface area (Å²) in [7, 11) is 2.47. The number of esters is 2. The van der Waals surface area contributed by atoms with Crippen molar-refractivity contribution in [3.63, 3.8) is 0 Å². The van der Waals surface area contributed by atoms with Gasteiger partial charge in [-0.2, -0.15) is 0 Å². The molecule has 25 heavy (non-hydrogen) atoms. The van der Waals surface area contributed by atoms with Crippen LogP contribution in [0.5, 0.6) is 0 Å². The van der Waals surface area contributed by atoms with Gasteiger partial charge in [-0.1, -0.05) is 37.1 Å². The molecule has 0 aromatic heterocycles. The van der Waals surface area contributed by atoms with Crippen molar-refractivity contribution in [3.05, 3.63) is 35.4 Å². The van der Waals surface area contributed by atoms with Crippen molar-refractivity contribution in [2.75, 3.05) is 14.2 Å². The molecule has 1 fully saturated rings. The summed E-state index contributed by atoms with van der Waals surface area (Å²) in [4.78, 5) is 35.0. The SMILES string of the molecule is COC(=O)C(Cc1ccc(C2CCCCC2C(=O)O)cc1)C(=O)OC. The Morgan fingerprint density at radius 3 is 2.12 bits per heavy atom. The van der Waals surface area contributed by atoms with Gasteiger partial charge in [0.2, 0.25) is 0 Å². The van der Waals surface area contributed by atoms with Gasteiger partial charge in [0, 0.05) is 0 Å². The van der Waals surface area contributed by atoms with Crippen LogP contribution in [0.3, 0.4) is 0 Å². The Hall–Kier alpha value is -2.37. The first kappa shape index (κ1) is 19.0. The number of rotatable bonds is 6. The summed E-state index contributed by atoms with van der Waals surface area (Å²) < 4.78 is 9.32. The Morgan fingerprint density at radius 2 is 1.60 bits per heavy atom. The molecule has 2 atom stereocenters. The molecule has 0 aliphatic heterocycles. The maximum Gasteiger partial charge on any atom is 0.320 e. The third-order valence-electron chi connectivity index (χ3n) is 4.90. The minimum Gasteiger partial charge on any atom is -0.481 e. The van der Waals surface area contributed by atoms with Crippen LogP contribution in [0.4, 0.5) is 0 Å². The van der Waals surface area contributed by atoms with Gasteiger partial charge < -0.3 is 14.6 Å². The molecule has 0 saturated heterocycles. The summed E-state index contributed by atoms with van der Waals surface area (Å²) in [6, 6.07) is 7.46. The van der Waals surface area contributed by atoms with Crippen LogP contribution in [0.1, 0.15) is 42.7 Å². The zero-order chi connectivity index (χ0) is 18.4. The molecule has 0 heterocycles. The molecule has 1 saturated carbocycles. The molecule has 6 heteroatoms. The topological polar surface area (TPSA) is 89.9 Å². The summed E-state index contributed by atoms with van der Waals surface area (Å²) in [5, 5.41) is 9.42. The molecule has 136 valence electrons. The van der Waals surface area contributed by atoms with Crippen molar-refractivity contribution >= 4 is 17.9 Å². The average molecular weight is 348 g/mol. The highest BCUT2D eigenvalue weighted by Gasteiger charge is 2.32. The Morgan fingerprint density at radius 1 is 1.04 bits per heavy atom. The molecule has 1 aromatic rings. The number of carboxylic acid groups (broad SMARTS) is 1. The quantitative estimate of drug-likeness (QED) is 0.628. The fraction of sp³-hybridized carbons (Fsp3) is 0.526. The molecule has 1 aliphatic rings. The summed E-state index contributed by atoms with van der Waals surface area (Å²) in [5.74, 6) is -3.34. The average Bonchev–Trinajstić information content (AvgIpc) is 2.65. The van der Waals surface area contributed by atoms with Crippen molar-refractivity contribution in [1.29, 1.82) is 0 Å². The van der Waals surface area contributed by atoms with Crippen molar-refractivity contribution in [2.24, 2.45) is 11.8 Å². The molecule has 0 bridgehead atoms. The molecule has 0 radical (unpaired) electrons. The van der Waals surface area contributed by atoms with Crippen molar-refractivity contribution in [3.8, 4) is 0 Å². The van der Waals surface area contributed by atoms with Gasteiger partial charge >= 0.3 is 17.9 Å². The number of carbonyl (C=O) groups is 3. The zero-order valence-corrected chi connectivity index (χ0v) is 14.6. The molecule has 1 N–H and O–H groups in total. The van der Waals surface area contributed by atoms with E-state index in [-0.39, 0.29) is 18.3 Å². The monoisotopic (exact) mass is 348 g/mol. The van der Waals surface area contributed by atoms with Gasteiger partial charge in [-0.15, -0.1) is 0 Å². The number of hydrogen-bond acceptors (Lipinski definition) is 5. The fourth-order valence-corrected chi connectivity index (χ4v) is 3.51. The van der Waals surface area contributed by atoms with Gasteiger partial charge in [0.05, 0.1) is 20.1 Å². The number of ether oxygens (including phenoxy) is 2. The minimum atomic E-state index is -0.998. The second-order valence-corrected chi connectivity index (χ2v) is 6.38. The van der Waals surface area contributed by atoms with Crippen LogP contribution in [0.15, 0.2) is 24.3 Å². The molecule has 0 amide bonds. The highest BCUT2D eigenvalue weighted by molar-refractivity contribution is 5.95. The van der Waals surface area contributed by atoms with Crippen LogP contribution in [0, 0.1) is 11.8 Å². The van der Waals surface area contributed by atoms with Crippen LogP contribution >= 0.6 is 0 Å². The van der Waals surface area contributed by atoms with E-state index in [1.54, 1.807) is 0 Å². The normalized spacial score (nSPS) is 20.1. The number of aliphatic carboxylic acids is 1. The van der Waals surface area contributed by atoms with E-state index < -0.39 is 23.8 Å². The predicted molar refractivity (Wildman–Crippen MR) is 90.0 cm³/mol. The van der Waals surface area contributed by atoms with Gasteiger partial charge in [0.25, 0.3) is 0 Å². The molecule has 2 rings (SSSR count). The molecular formula is C19H24O6. The summed E-state index contributed by atoms with van der Waals surface area (Å²) in [6.45, 7) is 0. The zero-order valence-electron chi connectivity index (χ0n) is 14.6. The summed E-state index contributed by atoms with van der Waals surface area (Å²) in [6.07, 6.45) is 3.73. The largest absolute Gasteiger partial charge is 0.481 e. The van der Waals surface area contributed by atoms with E-state index in [1.165, 1.54) is 14.2 Å². The molecule has 6 nitrogen and oxygen atoms in total. The van der Waals surface area contributed by atoms with Crippen LogP contribution in [0.2, 0.25) is 0 Å². The van der Waals surface area contributed by atoms with Crippen molar-refractivity contribution in [1.82, 2.24) is 0 Å². The lowest BCUT2D eigenvalue weighted by molar-refractivity contribution is -0.158. The van der Waals surface area contributed by atoms with E-state index in [0.717, 1.165) is 30.4 Å². The van der Waals surface area contributed by atoms with Gasteiger partial charge in [0.1, 0.15) is 0 Å². The van der Waals surface area contributed by atoms with E-state index in [4.69, 9.17) is 0 Å². The number of methoxy groups -OCH3 is 2. The lowest BCUT2D eigenvalue weighted by Crippen LogP contribution is -2.28. The fourth-order valence-electron chi connectivity index (χ4n) is 3.51. The van der Waals surface area contributed by atoms with E-state index in [9.17, 15) is 19.5 Å². The number of carbonyl (C=O) groups excluding carboxylic acids is 2. The molecular weight excluding hydrogens is 324 g/mol. The van der Waals surface area contributed by atoms with Gasteiger partial charge in [-0.25, -0.2) is 0 Å². The number of hydrogen-bond donors (Lipinski definition) is 1. The highest BCUT2D eigenvalue weighted by Crippen LogP contribution is 2.38. The van der Waals surface area contributed by atoms with Crippen LogP contribution in [-0.2, 0) is 30.3 Å². The molecule has 1 aliphatic carbocycles. The lowest BCUT2D eigenvalue weighted by atomic mass is 9.75. The Kier molecular flexibility index (Phi) is 6.56. The maximum absolute atomic E-state index is 11.8. The van der Waals surface area contributed by atoms with E-state index in [0.29, 0.717) is 6.42 Å². The second-order valence-electron chi connectivity index (χ2n) is 6.38. The Labute approximate surface area is 147 Å². The van der Waals surface area contributed by atoms with Crippen molar-refractivity contribution < 1.29 is 29.0 Å². The Bertz CT molecular complexity index is 605. The first-order chi connectivity index (χ1) is 12.0. The number of carboxylic acids is 1. The molecule has 2 unspecified atom stereocenters. The maximum atomic E-state index is 11.8. The predicted octanol–water partition coefficient (Wildman–Crippen LogP) is 2.55. The first-order valence-corrected chi connectivity index (χ1v) is 8.45. The van der Waals surface area contributed by atoms with Crippen LogP contribution < -0.4 is 0 Å². The third-order valence-corrected chi connectivity index (χ3v) is 4.90. The summed E-state index contributed by atoms with van der Waals surface area (Å²) >= 11 is 0.